The fourth-order valence-electron chi connectivity index (χ4n) is 4.73. The second kappa shape index (κ2) is 35.9. The molecule has 0 amide bonds. The lowest BCUT2D eigenvalue weighted by molar-refractivity contribution is -0.174. The maximum absolute atomic E-state index is 12.6. The first kappa shape index (κ1) is 48.5. The molecule has 0 aliphatic heterocycles. The van der Waals surface area contributed by atoms with Crippen LogP contribution in [0.15, 0.2) is 72.9 Å². The summed E-state index contributed by atoms with van der Waals surface area (Å²) >= 11 is 0. The fourth-order valence-corrected chi connectivity index (χ4v) is 5.76. The summed E-state index contributed by atoms with van der Waals surface area (Å²) in [6.45, 7) is 7.76. The summed E-state index contributed by atoms with van der Waals surface area (Å²) in [6.07, 6.45) is 42.5. The first-order valence-corrected chi connectivity index (χ1v) is 21.3. The highest BCUT2D eigenvalue weighted by Gasteiger charge is 2.32. The lowest BCUT2D eigenvalue weighted by Crippen LogP contribution is -2.23. The van der Waals surface area contributed by atoms with Gasteiger partial charge >= 0.3 is 19.8 Å². The summed E-state index contributed by atoms with van der Waals surface area (Å²) in [4.78, 5) is 34.9. The van der Waals surface area contributed by atoms with Gasteiger partial charge in [-0.1, -0.05) is 126 Å². The van der Waals surface area contributed by atoms with Crippen molar-refractivity contribution >= 4 is 19.8 Å². The van der Waals surface area contributed by atoms with Gasteiger partial charge in [-0.15, -0.1) is 0 Å². The molecule has 8 nitrogen and oxygen atoms in total. The van der Waals surface area contributed by atoms with Crippen molar-refractivity contribution in [3.8, 4) is 0 Å². The van der Waals surface area contributed by atoms with Gasteiger partial charge in [0.2, 0.25) is 12.6 Å². The lowest BCUT2D eigenvalue weighted by atomic mass is 10.1. The van der Waals surface area contributed by atoms with Crippen LogP contribution < -0.4 is 0 Å². The number of ether oxygens (including phenoxy) is 2. The van der Waals surface area contributed by atoms with Gasteiger partial charge in [0.1, 0.15) is 0 Å². The third kappa shape index (κ3) is 34.3. The van der Waals surface area contributed by atoms with Crippen molar-refractivity contribution in [1.29, 1.82) is 0 Å². The van der Waals surface area contributed by atoms with Crippen LogP contribution in [0.3, 0.4) is 0 Å². The molecule has 0 fully saturated rings. The highest BCUT2D eigenvalue weighted by molar-refractivity contribution is 7.47. The molecule has 0 rings (SSSR count). The molecule has 0 aromatic heterocycles. The summed E-state index contributed by atoms with van der Waals surface area (Å²) in [5.74, 6) is -1.02. The summed E-state index contributed by atoms with van der Waals surface area (Å²) in [5.41, 5.74) is 0. The van der Waals surface area contributed by atoms with Gasteiger partial charge in [-0.05, 0) is 89.9 Å². The molecule has 2 unspecified atom stereocenters. The van der Waals surface area contributed by atoms with E-state index < -0.39 is 32.3 Å². The number of hydrogen-bond acceptors (Lipinski definition) is 7. The molecule has 1 N–H and O–H groups in total. The van der Waals surface area contributed by atoms with E-state index in [4.69, 9.17) is 18.5 Å². The van der Waals surface area contributed by atoms with E-state index in [2.05, 4.69) is 86.8 Å². The molecule has 292 valence electrons. The second-order valence-electron chi connectivity index (χ2n) is 12.6. The minimum absolute atomic E-state index is 0.155. The number of carbonyl (C=O) groups is 2. The van der Waals surface area contributed by atoms with Crippen LogP contribution in [0.4, 0.5) is 0 Å². The normalized spacial score (nSPS) is 14.8. The van der Waals surface area contributed by atoms with Crippen LogP contribution in [0.5, 0.6) is 0 Å². The zero-order valence-corrected chi connectivity index (χ0v) is 33.3. The number of allylic oxidation sites excluding steroid dienone is 12. The highest BCUT2D eigenvalue weighted by Crippen LogP contribution is 2.47. The van der Waals surface area contributed by atoms with Crippen LogP contribution in [0, 0.1) is 0 Å². The molecular formula is C42H71O8P. The monoisotopic (exact) mass is 734 g/mol. The molecule has 0 saturated carbocycles. The Labute approximate surface area is 311 Å². The Kier molecular flexibility index (Phi) is 34.1. The number of phosphoric ester groups is 1. The van der Waals surface area contributed by atoms with E-state index in [-0.39, 0.29) is 25.7 Å². The number of phosphoric acid groups is 1. The van der Waals surface area contributed by atoms with E-state index in [0.29, 0.717) is 12.8 Å². The molecule has 2 atom stereocenters. The fraction of sp³-hybridized carbons (Fsp3) is 0.667. The Bertz CT molecular complexity index is 995. The maximum atomic E-state index is 12.6. The highest BCUT2D eigenvalue weighted by atomic mass is 31.2. The lowest BCUT2D eigenvalue weighted by Gasteiger charge is -2.23. The SMILES string of the molecule is CCCCCC=CCC=CCC=CCCCCC(=O)OC(CC)OP(=O)(O)OC(CC)OC(=O)CCCCC=CCC=CCC=CCCCCC. The number of rotatable bonds is 34. The van der Waals surface area contributed by atoms with Crippen LogP contribution in [-0.2, 0) is 32.7 Å². The van der Waals surface area contributed by atoms with Gasteiger partial charge in [-0.3, -0.25) is 9.59 Å². The van der Waals surface area contributed by atoms with E-state index >= 15 is 0 Å². The van der Waals surface area contributed by atoms with Gasteiger partial charge < -0.3 is 14.4 Å². The molecule has 0 radical (unpaired) electrons. The van der Waals surface area contributed by atoms with E-state index in [9.17, 15) is 19.0 Å². The average molecular weight is 735 g/mol. The summed E-state index contributed by atoms with van der Waals surface area (Å²) in [5, 5.41) is 0. The van der Waals surface area contributed by atoms with Crippen LogP contribution in [0.1, 0.15) is 169 Å². The zero-order chi connectivity index (χ0) is 37.7. The minimum atomic E-state index is -4.67. The second-order valence-corrected chi connectivity index (χ2v) is 13.9. The van der Waals surface area contributed by atoms with E-state index in [1.54, 1.807) is 13.8 Å². The van der Waals surface area contributed by atoms with Crippen LogP contribution >= 0.6 is 7.82 Å². The Morgan fingerprint density at radius 3 is 1.08 bits per heavy atom. The molecular weight excluding hydrogens is 663 g/mol. The molecule has 0 aliphatic carbocycles. The van der Waals surface area contributed by atoms with E-state index in [1.165, 1.54) is 38.5 Å². The average Bonchev–Trinajstić information content (AvgIpc) is 3.10. The van der Waals surface area contributed by atoms with Crippen LogP contribution in [-0.4, -0.2) is 29.4 Å². The van der Waals surface area contributed by atoms with Crippen molar-refractivity contribution in [2.45, 2.75) is 182 Å². The third-order valence-corrected chi connectivity index (χ3v) is 8.74. The molecule has 0 spiro atoms. The molecule has 0 aromatic carbocycles. The zero-order valence-electron chi connectivity index (χ0n) is 32.4. The van der Waals surface area contributed by atoms with Crippen molar-refractivity contribution in [3.63, 3.8) is 0 Å². The minimum Gasteiger partial charge on any atom is -0.435 e. The first-order chi connectivity index (χ1) is 24.8. The summed E-state index contributed by atoms with van der Waals surface area (Å²) in [7, 11) is -4.67. The van der Waals surface area contributed by atoms with Gasteiger partial charge in [0.05, 0.1) is 0 Å². The molecule has 0 bridgehead atoms. The molecule has 9 heteroatoms. The molecule has 0 saturated heterocycles. The Balaban J connectivity index is 4.18. The van der Waals surface area contributed by atoms with Crippen molar-refractivity contribution in [1.82, 2.24) is 0 Å². The topological polar surface area (TPSA) is 108 Å². The van der Waals surface area contributed by atoms with Crippen molar-refractivity contribution in [2.75, 3.05) is 0 Å². The predicted molar refractivity (Wildman–Crippen MR) is 211 cm³/mol. The number of hydrogen-bond donors (Lipinski definition) is 1. The van der Waals surface area contributed by atoms with E-state index in [1.807, 2.05) is 0 Å². The van der Waals surface area contributed by atoms with Gasteiger partial charge in [-0.25, -0.2) is 13.6 Å². The molecule has 0 aromatic rings. The maximum Gasteiger partial charge on any atom is 0.478 e. The van der Waals surface area contributed by atoms with Crippen LogP contribution in [0.25, 0.3) is 0 Å². The molecule has 51 heavy (non-hydrogen) atoms. The van der Waals surface area contributed by atoms with Gasteiger partial charge in [0, 0.05) is 25.7 Å². The van der Waals surface area contributed by atoms with E-state index in [0.717, 1.165) is 64.2 Å². The van der Waals surface area contributed by atoms with Crippen molar-refractivity contribution in [2.24, 2.45) is 0 Å². The van der Waals surface area contributed by atoms with Gasteiger partial charge in [0.15, 0.2) is 0 Å². The molecule has 0 heterocycles. The standard InChI is InChI=1S/C42H71O8P/c1-5-9-11-13-15-17-19-21-23-25-27-29-31-33-35-37-39(43)47-41(7-3)49-51(45,46)50-42(8-4)48-40(44)38-36-34-32-30-28-26-24-22-20-18-16-14-12-10-6-2/h15-18,21-24,27-30,41-42H,5-14,19-20,25-26,31-38H2,1-4H3,(H,45,46). The number of carbonyl (C=O) groups excluding carboxylic acids is 2. The summed E-state index contributed by atoms with van der Waals surface area (Å²) in [6, 6.07) is 0. The Morgan fingerprint density at radius 1 is 0.490 bits per heavy atom. The smallest absolute Gasteiger partial charge is 0.435 e. The molecule has 0 aliphatic rings. The Hall–Kier alpha value is -2.51. The number of unbranched alkanes of at least 4 members (excludes halogenated alkanes) is 10. The Morgan fingerprint density at radius 2 is 0.784 bits per heavy atom. The van der Waals surface area contributed by atoms with Crippen LogP contribution in [0.2, 0.25) is 0 Å². The van der Waals surface area contributed by atoms with Crippen molar-refractivity contribution in [3.05, 3.63) is 72.9 Å². The van der Waals surface area contributed by atoms with Gasteiger partial charge in [0.25, 0.3) is 0 Å². The predicted octanol–water partition coefficient (Wildman–Crippen LogP) is 12.9. The largest absolute Gasteiger partial charge is 0.478 e. The van der Waals surface area contributed by atoms with Gasteiger partial charge in [-0.2, -0.15) is 0 Å². The summed E-state index contributed by atoms with van der Waals surface area (Å²) < 4.78 is 33.4. The third-order valence-electron chi connectivity index (χ3n) is 7.73. The quantitative estimate of drug-likeness (QED) is 0.0229. The first-order valence-electron chi connectivity index (χ1n) is 19.8. The number of esters is 2. The van der Waals surface area contributed by atoms with Crippen molar-refractivity contribution < 1.29 is 37.6 Å².